The molecule has 140 valence electrons. The second kappa shape index (κ2) is 7.16. The standard InChI is InChI=1S/C17H21FN4O3S/c1-11-16(12(2)21-20-11)26(24,25)22-9-7-13(8-10-22)17(23)19-15-6-4-3-5-14(15)18/h3-6,13H,7-10H2,1-2H3,(H,19,23)(H,20,21). The molecule has 1 aromatic heterocycles. The number of nitrogens with one attached hydrogen (secondary N) is 2. The van der Waals surface area contributed by atoms with E-state index in [1.807, 2.05) is 0 Å². The Morgan fingerprint density at radius 1 is 1.27 bits per heavy atom. The summed E-state index contributed by atoms with van der Waals surface area (Å²) in [4.78, 5) is 12.6. The number of hydrogen-bond acceptors (Lipinski definition) is 4. The predicted octanol–water partition coefficient (Wildman–Crippen LogP) is 2.21. The van der Waals surface area contributed by atoms with Crippen LogP contribution in [0.2, 0.25) is 0 Å². The topological polar surface area (TPSA) is 95.2 Å². The lowest BCUT2D eigenvalue weighted by atomic mass is 9.97. The molecule has 1 saturated heterocycles. The number of halogens is 1. The van der Waals surface area contributed by atoms with Gasteiger partial charge in [-0.1, -0.05) is 12.1 Å². The molecule has 2 N–H and O–H groups in total. The number of aryl methyl sites for hydroxylation is 2. The average Bonchev–Trinajstić information content (AvgIpc) is 2.96. The van der Waals surface area contributed by atoms with Crippen molar-refractivity contribution in [1.82, 2.24) is 14.5 Å². The minimum Gasteiger partial charge on any atom is -0.323 e. The molecule has 0 spiro atoms. The van der Waals surface area contributed by atoms with Crippen LogP contribution in [0.25, 0.3) is 0 Å². The third kappa shape index (κ3) is 3.49. The monoisotopic (exact) mass is 380 g/mol. The van der Waals surface area contributed by atoms with E-state index in [4.69, 9.17) is 0 Å². The Morgan fingerprint density at radius 2 is 1.92 bits per heavy atom. The molecular formula is C17H21FN4O3S. The number of aromatic nitrogens is 2. The Hall–Kier alpha value is -2.26. The fourth-order valence-corrected chi connectivity index (χ4v) is 5.01. The third-order valence-corrected chi connectivity index (χ3v) is 6.78. The van der Waals surface area contributed by atoms with E-state index in [1.54, 1.807) is 26.0 Å². The summed E-state index contributed by atoms with van der Waals surface area (Å²) < 4.78 is 40.7. The molecule has 0 radical (unpaired) electrons. The maximum Gasteiger partial charge on any atom is 0.246 e. The molecule has 0 aliphatic carbocycles. The zero-order chi connectivity index (χ0) is 18.9. The van der Waals surface area contributed by atoms with Crippen LogP contribution in [-0.4, -0.2) is 41.9 Å². The van der Waals surface area contributed by atoms with Gasteiger partial charge < -0.3 is 5.32 Å². The summed E-state index contributed by atoms with van der Waals surface area (Å²) in [5, 5.41) is 9.21. The molecular weight excluding hydrogens is 359 g/mol. The molecule has 1 aliphatic heterocycles. The predicted molar refractivity (Wildman–Crippen MR) is 94.6 cm³/mol. The van der Waals surface area contributed by atoms with Crippen molar-refractivity contribution in [1.29, 1.82) is 0 Å². The number of anilines is 1. The highest BCUT2D eigenvalue weighted by Gasteiger charge is 2.34. The molecule has 1 amide bonds. The second-order valence-corrected chi connectivity index (χ2v) is 8.29. The van der Waals surface area contributed by atoms with E-state index in [9.17, 15) is 17.6 Å². The van der Waals surface area contributed by atoms with Gasteiger partial charge >= 0.3 is 0 Å². The van der Waals surface area contributed by atoms with Crippen LogP contribution in [-0.2, 0) is 14.8 Å². The van der Waals surface area contributed by atoms with Crippen LogP contribution >= 0.6 is 0 Å². The maximum absolute atomic E-state index is 13.7. The summed E-state index contributed by atoms with van der Waals surface area (Å²) in [5.74, 6) is -1.14. The lowest BCUT2D eigenvalue weighted by Gasteiger charge is -2.30. The Labute approximate surface area is 151 Å². The highest BCUT2D eigenvalue weighted by Crippen LogP contribution is 2.27. The van der Waals surface area contributed by atoms with Crippen LogP contribution in [0.3, 0.4) is 0 Å². The Morgan fingerprint density at radius 3 is 2.50 bits per heavy atom. The van der Waals surface area contributed by atoms with E-state index < -0.39 is 15.8 Å². The summed E-state index contributed by atoms with van der Waals surface area (Å²) in [6, 6.07) is 5.97. The Bertz CT molecular complexity index is 898. The minimum atomic E-state index is -3.65. The summed E-state index contributed by atoms with van der Waals surface area (Å²) in [7, 11) is -3.65. The van der Waals surface area contributed by atoms with Crippen molar-refractivity contribution in [2.45, 2.75) is 31.6 Å². The van der Waals surface area contributed by atoms with E-state index in [0.717, 1.165) is 0 Å². The molecule has 7 nitrogen and oxygen atoms in total. The molecule has 2 aromatic rings. The Balaban J connectivity index is 1.66. The van der Waals surface area contributed by atoms with Gasteiger partial charge in [-0.2, -0.15) is 9.40 Å². The molecule has 1 aliphatic rings. The fourth-order valence-electron chi connectivity index (χ4n) is 3.21. The summed E-state index contributed by atoms with van der Waals surface area (Å²) in [5.41, 5.74) is 1.07. The summed E-state index contributed by atoms with van der Waals surface area (Å²) in [6.45, 7) is 3.79. The van der Waals surface area contributed by atoms with E-state index in [1.165, 1.54) is 16.4 Å². The van der Waals surface area contributed by atoms with Crippen molar-refractivity contribution in [2.75, 3.05) is 18.4 Å². The number of carbonyl (C=O) groups excluding carboxylic acids is 1. The number of H-pyrrole nitrogens is 1. The van der Waals surface area contributed by atoms with Gasteiger partial charge in [-0.15, -0.1) is 0 Å². The van der Waals surface area contributed by atoms with E-state index in [0.29, 0.717) is 24.2 Å². The molecule has 0 saturated carbocycles. The molecule has 0 atom stereocenters. The first kappa shape index (κ1) is 18.5. The first-order valence-corrected chi connectivity index (χ1v) is 9.82. The van der Waals surface area contributed by atoms with Gasteiger partial charge in [0, 0.05) is 19.0 Å². The molecule has 3 rings (SSSR count). The molecule has 1 aromatic carbocycles. The van der Waals surface area contributed by atoms with Crippen LogP contribution in [0, 0.1) is 25.6 Å². The number of para-hydroxylation sites is 1. The van der Waals surface area contributed by atoms with E-state index >= 15 is 0 Å². The molecule has 0 unspecified atom stereocenters. The van der Waals surface area contributed by atoms with Gasteiger partial charge in [-0.3, -0.25) is 9.89 Å². The van der Waals surface area contributed by atoms with Crippen molar-refractivity contribution < 1.29 is 17.6 Å². The van der Waals surface area contributed by atoms with Crippen LogP contribution in [0.15, 0.2) is 29.2 Å². The van der Waals surface area contributed by atoms with Gasteiger partial charge in [0.25, 0.3) is 0 Å². The first-order valence-electron chi connectivity index (χ1n) is 8.38. The van der Waals surface area contributed by atoms with Crippen molar-refractivity contribution in [3.05, 3.63) is 41.5 Å². The fraction of sp³-hybridized carbons (Fsp3) is 0.412. The molecule has 9 heteroatoms. The lowest BCUT2D eigenvalue weighted by molar-refractivity contribution is -0.120. The van der Waals surface area contributed by atoms with Crippen LogP contribution < -0.4 is 5.32 Å². The molecule has 2 heterocycles. The number of rotatable bonds is 4. The average molecular weight is 380 g/mol. The number of amides is 1. The number of piperidine rings is 1. The number of sulfonamides is 1. The zero-order valence-corrected chi connectivity index (χ0v) is 15.4. The van der Waals surface area contributed by atoms with Gasteiger partial charge in [0.2, 0.25) is 15.9 Å². The lowest BCUT2D eigenvalue weighted by Crippen LogP contribution is -2.41. The SMILES string of the molecule is Cc1n[nH]c(C)c1S(=O)(=O)N1CCC(C(=O)Nc2ccccc2F)CC1. The zero-order valence-electron chi connectivity index (χ0n) is 14.6. The number of benzene rings is 1. The van der Waals surface area contributed by atoms with Gasteiger partial charge in [0.1, 0.15) is 10.7 Å². The maximum atomic E-state index is 13.7. The van der Waals surface area contributed by atoms with Gasteiger partial charge in [-0.25, -0.2) is 12.8 Å². The smallest absolute Gasteiger partial charge is 0.246 e. The molecule has 0 bridgehead atoms. The number of aromatic amines is 1. The van der Waals surface area contributed by atoms with Gasteiger partial charge in [-0.05, 0) is 38.8 Å². The highest BCUT2D eigenvalue weighted by atomic mass is 32.2. The normalized spacial score (nSPS) is 16.6. The van der Waals surface area contributed by atoms with Gasteiger partial charge in [0.05, 0.1) is 17.1 Å². The van der Waals surface area contributed by atoms with Crippen molar-refractivity contribution in [3.63, 3.8) is 0 Å². The number of hydrogen-bond donors (Lipinski definition) is 2. The largest absolute Gasteiger partial charge is 0.323 e. The van der Waals surface area contributed by atoms with Crippen LogP contribution in [0.1, 0.15) is 24.2 Å². The van der Waals surface area contributed by atoms with Gasteiger partial charge in [0.15, 0.2) is 0 Å². The molecule has 26 heavy (non-hydrogen) atoms. The van der Waals surface area contributed by atoms with Crippen LogP contribution in [0.4, 0.5) is 10.1 Å². The van der Waals surface area contributed by atoms with Crippen LogP contribution in [0.5, 0.6) is 0 Å². The van der Waals surface area contributed by atoms with E-state index in [2.05, 4.69) is 15.5 Å². The Kier molecular flexibility index (Phi) is 5.10. The van der Waals surface area contributed by atoms with Crippen molar-refractivity contribution in [2.24, 2.45) is 5.92 Å². The molecule has 1 fully saturated rings. The highest BCUT2D eigenvalue weighted by molar-refractivity contribution is 7.89. The van der Waals surface area contributed by atoms with E-state index in [-0.39, 0.29) is 35.5 Å². The number of nitrogens with zero attached hydrogens (tertiary/aromatic N) is 2. The second-order valence-electron chi connectivity index (χ2n) is 6.41. The number of carbonyl (C=O) groups is 1. The quantitative estimate of drug-likeness (QED) is 0.850. The third-order valence-electron chi connectivity index (χ3n) is 4.61. The van der Waals surface area contributed by atoms with Crippen molar-refractivity contribution >= 4 is 21.6 Å². The van der Waals surface area contributed by atoms with Crippen molar-refractivity contribution in [3.8, 4) is 0 Å². The minimum absolute atomic E-state index is 0.136. The first-order chi connectivity index (χ1) is 12.3. The summed E-state index contributed by atoms with van der Waals surface area (Å²) >= 11 is 0. The summed E-state index contributed by atoms with van der Waals surface area (Å²) in [6.07, 6.45) is 0.769.